The van der Waals surface area contributed by atoms with E-state index >= 15 is 0 Å². The van der Waals surface area contributed by atoms with E-state index in [2.05, 4.69) is 20.4 Å². The second-order valence-electron chi connectivity index (χ2n) is 8.54. The first-order valence-electron chi connectivity index (χ1n) is 11.2. The zero-order chi connectivity index (χ0) is 26.8. The number of nitrogens with two attached hydrogens (primary N) is 1. The van der Waals surface area contributed by atoms with Gasteiger partial charge in [0.15, 0.2) is 14.4 Å². The number of likely N-dealkylation sites (tertiary alicyclic amines) is 1. The van der Waals surface area contributed by atoms with Gasteiger partial charge in [0.25, 0.3) is 0 Å². The van der Waals surface area contributed by atoms with E-state index in [1.54, 1.807) is 11.8 Å². The fraction of sp³-hybridized carbons (Fsp3) is 0.476. The number of sulfonamides is 1. The predicted molar refractivity (Wildman–Crippen MR) is 130 cm³/mol. The molecule has 3 aromatic rings. The Kier molecular flexibility index (Phi) is 8.20. The number of primary sulfonamides is 1. The number of alkyl halides is 3. The van der Waals surface area contributed by atoms with E-state index < -0.39 is 21.8 Å². The van der Waals surface area contributed by atoms with Gasteiger partial charge in [-0.05, 0) is 54.7 Å². The van der Waals surface area contributed by atoms with Crippen molar-refractivity contribution in [2.75, 3.05) is 13.1 Å². The minimum atomic E-state index is -4.49. The lowest BCUT2D eigenvalue weighted by molar-refractivity contribution is -0.137. The normalized spacial score (nSPS) is 15.3. The number of piperidine rings is 1. The van der Waals surface area contributed by atoms with Crippen LogP contribution in [-0.4, -0.2) is 62.8 Å². The standard InChI is InChI=1S/C21H24F3N7O3S3/c1-13-27-29-31(28-13)12-15-10-16(21(22,23)24)4-2-14(15)3-5-18(32)30-8-6-17(7-9-30)35-20-26-11-19(36-20)37(25,33)34/h2,4,10-11,17H,3,5-9,12H2,1H3,(H2,25,33,34). The largest absolute Gasteiger partial charge is 0.416 e. The van der Waals surface area contributed by atoms with Crippen LogP contribution in [0.2, 0.25) is 0 Å². The van der Waals surface area contributed by atoms with Crippen LogP contribution in [0, 0.1) is 6.92 Å². The third kappa shape index (κ3) is 7.27. The number of aryl methyl sites for hydroxylation is 2. The quantitative estimate of drug-likeness (QED) is 0.433. The lowest BCUT2D eigenvalue weighted by Crippen LogP contribution is -2.39. The van der Waals surface area contributed by atoms with Gasteiger partial charge in [0.2, 0.25) is 15.9 Å². The van der Waals surface area contributed by atoms with E-state index in [-0.39, 0.29) is 34.8 Å². The molecule has 16 heteroatoms. The number of rotatable bonds is 8. The molecule has 0 atom stereocenters. The van der Waals surface area contributed by atoms with Crippen LogP contribution in [0.25, 0.3) is 0 Å². The SMILES string of the molecule is Cc1nnn(Cc2cc(C(F)(F)F)ccc2CCC(=O)N2CCC(Sc3ncc(S(N)(=O)=O)s3)CC2)n1. The number of halogens is 3. The first kappa shape index (κ1) is 27.5. The van der Waals surface area contributed by atoms with Crippen molar-refractivity contribution in [3.05, 3.63) is 46.9 Å². The molecule has 0 aliphatic carbocycles. The van der Waals surface area contributed by atoms with Crippen molar-refractivity contribution >= 4 is 39.0 Å². The molecule has 1 aliphatic heterocycles. The fourth-order valence-corrected chi connectivity index (χ4v) is 7.09. The van der Waals surface area contributed by atoms with Gasteiger partial charge in [-0.3, -0.25) is 4.79 Å². The van der Waals surface area contributed by atoms with Gasteiger partial charge in [-0.15, -0.1) is 10.2 Å². The molecule has 0 spiro atoms. The lowest BCUT2D eigenvalue weighted by atomic mass is 9.99. The Labute approximate surface area is 219 Å². The van der Waals surface area contributed by atoms with Gasteiger partial charge in [-0.25, -0.2) is 18.5 Å². The summed E-state index contributed by atoms with van der Waals surface area (Å²) < 4.78 is 63.3. The molecule has 1 saturated heterocycles. The molecule has 4 rings (SSSR count). The molecule has 2 N–H and O–H groups in total. The minimum Gasteiger partial charge on any atom is -0.343 e. The Bertz CT molecular complexity index is 1370. The number of hydrogen-bond acceptors (Lipinski definition) is 9. The van der Waals surface area contributed by atoms with E-state index in [4.69, 9.17) is 5.14 Å². The molecule has 200 valence electrons. The molecule has 1 aromatic carbocycles. The second-order valence-corrected chi connectivity index (χ2v) is 12.9. The van der Waals surface area contributed by atoms with Gasteiger partial charge < -0.3 is 4.90 Å². The van der Waals surface area contributed by atoms with E-state index in [1.807, 2.05) is 0 Å². The zero-order valence-electron chi connectivity index (χ0n) is 19.7. The Morgan fingerprint density at radius 3 is 2.57 bits per heavy atom. The van der Waals surface area contributed by atoms with Crippen molar-refractivity contribution < 1.29 is 26.4 Å². The van der Waals surface area contributed by atoms with Crippen LogP contribution in [0.4, 0.5) is 13.2 Å². The molecule has 1 fully saturated rings. The Balaban J connectivity index is 1.34. The number of hydrogen-bond donors (Lipinski definition) is 1. The van der Waals surface area contributed by atoms with Gasteiger partial charge in [0.05, 0.1) is 18.3 Å². The molecule has 1 amide bonds. The maximum atomic E-state index is 13.3. The van der Waals surface area contributed by atoms with E-state index in [9.17, 15) is 26.4 Å². The van der Waals surface area contributed by atoms with E-state index in [1.165, 1.54) is 28.8 Å². The maximum Gasteiger partial charge on any atom is 0.416 e. The molecule has 0 bridgehead atoms. The van der Waals surface area contributed by atoms with Crippen LogP contribution < -0.4 is 5.14 Å². The first-order chi connectivity index (χ1) is 17.4. The van der Waals surface area contributed by atoms with Crippen LogP contribution in [0.15, 0.2) is 32.9 Å². The highest BCUT2D eigenvalue weighted by atomic mass is 32.3. The van der Waals surface area contributed by atoms with E-state index in [0.717, 1.165) is 23.5 Å². The van der Waals surface area contributed by atoms with Gasteiger partial charge in [0, 0.05) is 24.8 Å². The number of tetrazole rings is 1. The topological polar surface area (TPSA) is 137 Å². The number of benzene rings is 1. The molecule has 10 nitrogen and oxygen atoms in total. The average molecular weight is 576 g/mol. The molecule has 3 heterocycles. The number of thiazole rings is 1. The van der Waals surface area contributed by atoms with Crippen LogP contribution in [0.3, 0.4) is 0 Å². The van der Waals surface area contributed by atoms with Crippen LogP contribution >= 0.6 is 23.1 Å². The number of thioether (sulfide) groups is 1. The zero-order valence-corrected chi connectivity index (χ0v) is 22.1. The Morgan fingerprint density at radius 1 is 1.24 bits per heavy atom. The lowest BCUT2D eigenvalue weighted by Gasteiger charge is -2.31. The summed E-state index contributed by atoms with van der Waals surface area (Å²) in [4.78, 5) is 19.9. The van der Waals surface area contributed by atoms with Gasteiger partial charge >= 0.3 is 6.18 Å². The summed E-state index contributed by atoms with van der Waals surface area (Å²) in [6, 6.07) is 3.50. The molecular formula is C21H24F3N7O3S3. The van der Waals surface area contributed by atoms with Crippen molar-refractivity contribution in [2.45, 2.75) is 59.1 Å². The number of carbonyl (C=O) groups excluding carboxylic acids is 1. The summed E-state index contributed by atoms with van der Waals surface area (Å²) in [5.74, 6) is 0.333. The van der Waals surface area contributed by atoms with Crippen LogP contribution in [0.1, 0.15) is 41.8 Å². The number of amides is 1. The Hall–Kier alpha value is -2.56. The highest BCUT2D eigenvalue weighted by molar-refractivity contribution is 8.02. The van der Waals surface area contributed by atoms with E-state index in [0.29, 0.717) is 47.2 Å². The van der Waals surface area contributed by atoms with Crippen molar-refractivity contribution in [1.82, 2.24) is 30.1 Å². The van der Waals surface area contributed by atoms with Crippen molar-refractivity contribution in [3.63, 3.8) is 0 Å². The Morgan fingerprint density at radius 2 is 1.97 bits per heavy atom. The molecule has 0 unspecified atom stereocenters. The van der Waals surface area contributed by atoms with Gasteiger partial charge in [-0.1, -0.05) is 29.2 Å². The van der Waals surface area contributed by atoms with Gasteiger partial charge in [-0.2, -0.15) is 18.0 Å². The summed E-state index contributed by atoms with van der Waals surface area (Å²) in [5.41, 5.74) is 0.235. The molecule has 1 aliphatic rings. The highest BCUT2D eigenvalue weighted by Crippen LogP contribution is 2.34. The van der Waals surface area contributed by atoms with Gasteiger partial charge in [0.1, 0.15) is 0 Å². The third-order valence-electron chi connectivity index (χ3n) is 5.81. The van der Waals surface area contributed by atoms with Crippen molar-refractivity contribution in [3.8, 4) is 0 Å². The molecular weight excluding hydrogens is 551 g/mol. The summed E-state index contributed by atoms with van der Waals surface area (Å²) in [6.45, 7) is 2.72. The monoisotopic (exact) mass is 575 g/mol. The minimum absolute atomic E-state index is 0.0139. The molecule has 0 radical (unpaired) electrons. The number of aromatic nitrogens is 5. The number of carbonyl (C=O) groups is 1. The predicted octanol–water partition coefficient (Wildman–Crippen LogP) is 2.87. The highest BCUT2D eigenvalue weighted by Gasteiger charge is 2.31. The smallest absolute Gasteiger partial charge is 0.343 e. The summed E-state index contributed by atoms with van der Waals surface area (Å²) in [6.07, 6.45) is -1.38. The maximum absolute atomic E-state index is 13.3. The van der Waals surface area contributed by atoms with Crippen molar-refractivity contribution in [1.29, 1.82) is 0 Å². The number of nitrogens with zero attached hydrogens (tertiary/aromatic N) is 6. The fourth-order valence-electron chi connectivity index (χ4n) is 3.93. The van der Waals surface area contributed by atoms with Crippen LogP contribution in [-0.2, 0) is 34.0 Å². The molecule has 0 saturated carbocycles. The summed E-state index contributed by atoms with van der Waals surface area (Å²) in [5, 5.41) is 17.0. The molecule has 2 aromatic heterocycles. The second kappa shape index (κ2) is 11.0. The summed E-state index contributed by atoms with van der Waals surface area (Å²) >= 11 is 2.50. The average Bonchev–Trinajstić information content (AvgIpc) is 3.46. The third-order valence-corrected chi connectivity index (χ3v) is 9.66. The molecule has 37 heavy (non-hydrogen) atoms. The van der Waals surface area contributed by atoms with Crippen molar-refractivity contribution in [2.24, 2.45) is 5.14 Å². The first-order valence-corrected chi connectivity index (χ1v) is 14.5. The summed E-state index contributed by atoms with van der Waals surface area (Å²) in [7, 11) is -3.78. The van der Waals surface area contributed by atoms with Crippen LogP contribution in [0.5, 0.6) is 0 Å².